The van der Waals surface area contributed by atoms with Crippen LogP contribution in [-0.2, 0) is 9.59 Å². The second-order valence-corrected chi connectivity index (χ2v) is 3.94. The van der Waals surface area contributed by atoms with Crippen LogP contribution in [0.1, 0.15) is 40.5 Å². The molecule has 2 N–H and O–H groups in total. The Bertz CT molecular complexity index is 178. The summed E-state index contributed by atoms with van der Waals surface area (Å²) < 4.78 is 0. The minimum Gasteiger partial charge on any atom is -0.354 e. The molecule has 4 nitrogen and oxygen atoms in total. The van der Waals surface area contributed by atoms with E-state index in [0.717, 1.165) is 0 Å². The fourth-order valence-corrected chi connectivity index (χ4v) is 1.02. The van der Waals surface area contributed by atoms with Gasteiger partial charge in [-0.2, -0.15) is 0 Å². The first-order valence-electron chi connectivity index (χ1n) is 5.00. The van der Waals surface area contributed by atoms with Crippen molar-refractivity contribution >= 4 is 11.8 Å². The number of rotatable bonds is 5. The Morgan fingerprint density at radius 1 is 0.857 bits per heavy atom. The lowest BCUT2D eigenvalue weighted by atomic mass is 10.2. The summed E-state index contributed by atoms with van der Waals surface area (Å²) >= 11 is 0. The van der Waals surface area contributed by atoms with Crippen molar-refractivity contribution in [1.29, 1.82) is 0 Å². The smallest absolute Gasteiger partial charge is 0.220 e. The first-order chi connectivity index (χ1) is 6.41. The summed E-state index contributed by atoms with van der Waals surface area (Å²) in [5.74, 6) is -0.141. The van der Waals surface area contributed by atoms with Gasteiger partial charge in [-0.25, -0.2) is 0 Å². The topological polar surface area (TPSA) is 58.2 Å². The zero-order valence-electron chi connectivity index (χ0n) is 9.39. The van der Waals surface area contributed by atoms with Gasteiger partial charge in [0, 0.05) is 24.9 Å². The van der Waals surface area contributed by atoms with Gasteiger partial charge in [-0.3, -0.25) is 9.59 Å². The molecule has 0 unspecified atom stereocenters. The molecule has 0 saturated heterocycles. The molecule has 0 radical (unpaired) electrons. The van der Waals surface area contributed by atoms with E-state index in [0.29, 0.717) is 0 Å². The van der Waals surface area contributed by atoms with Gasteiger partial charge in [0.05, 0.1) is 0 Å². The predicted octanol–water partition coefficient (Wildman–Crippen LogP) is 0.816. The van der Waals surface area contributed by atoms with Crippen LogP contribution in [-0.4, -0.2) is 23.9 Å². The standard InChI is InChI=1S/C10H20N2O2/c1-7(2)11-9(13)5-6-10(14)12-8(3)4/h7-8H,5-6H2,1-4H3,(H,11,13)(H,12,14). The third-order valence-electron chi connectivity index (χ3n) is 1.48. The van der Waals surface area contributed by atoms with E-state index in [1.807, 2.05) is 27.7 Å². The van der Waals surface area contributed by atoms with Crippen LogP contribution >= 0.6 is 0 Å². The van der Waals surface area contributed by atoms with E-state index in [2.05, 4.69) is 10.6 Å². The lowest BCUT2D eigenvalue weighted by molar-refractivity contribution is -0.127. The van der Waals surface area contributed by atoms with E-state index < -0.39 is 0 Å². The van der Waals surface area contributed by atoms with Gasteiger partial charge in [0.25, 0.3) is 0 Å². The zero-order valence-corrected chi connectivity index (χ0v) is 9.39. The molecule has 4 heteroatoms. The van der Waals surface area contributed by atoms with Crippen LogP contribution in [0.2, 0.25) is 0 Å². The molecule has 0 bridgehead atoms. The minimum absolute atomic E-state index is 0.0705. The van der Waals surface area contributed by atoms with E-state index >= 15 is 0 Å². The van der Waals surface area contributed by atoms with Crippen molar-refractivity contribution in [2.24, 2.45) is 0 Å². The van der Waals surface area contributed by atoms with Crippen LogP contribution in [0.3, 0.4) is 0 Å². The van der Waals surface area contributed by atoms with Gasteiger partial charge in [-0.1, -0.05) is 0 Å². The van der Waals surface area contributed by atoms with Gasteiger partial charge in [-0.05, 0) is 27.7 Å². The molecular weight excluding hydrogens is 180 g/mol. The van der Waals surface area contributed by atoms with Crippen molar-refractivity contribution in [2.75, 3.05) is 0 Å². The second kappa shape index (κ2) is 6.40. The average molecular weight is 200 g/mol. The molecule has 14 heavy (non-hydrogen) atoms. The maximum Gasteiger partial charge on any atom is 0.220 e. The summed E-state index contributed by atoms with van der Waals surface area (Å²) in [6.45, 7) is 7.58. The van der Waals surface area contributed by atoms with Crippen LogP contribution in [0.15, 0.2) is 0 Å². The monoisotopic (exact) mass is 200 g/mol. The van der Waals surface area contributed by atoms with Gasteiger partial charge in [-0.15, -0.1) is 0 Å². The van der Waals surface area contributed by atoms with Gasteiger partial charge in [0.15, 0.2) is 0 Å². The Kier molecular flexibility index (Phi) is 5.92. The van der Waals surface area contributed by atoms with Crippen LogP contribution in [0, 0.1) is 0 Å². The number of nitrogens with one attached hydrogen (secondary N) is 2. The molecule has 0 aromatic heterocycles. The van der Waals surface area contributed by atoms with E-state index in [1.54, 1.807) is 0 Å². The molecule has 0 aliphatic rings. The Morgan fingerprint density at radius 3 is 1.36 bits per heavy atom. The van der Waals surface area contributed by atoms with Crippen LogP contribution in [0.25, 0.3) is 0 Å². The third kappa shape index (κ3) is 7.58. The van der Waals surface area contributed by atoms with Crippen molar-refractivity contribution in [2.45, 2.75) is 52.6 Å². The van der Waals surface area contributed by atoms with E-state index in [4.69, 9.17) is 0 Å². The maximum absolute atomic E-state index is 11.2. The Labute approximate surface area is 85.4 Å². The number of hydrogen-bond acceptors (Lipinski definition) is 2. The highest BCUT2D eigenvalue weighted by Gasteiger charge is 2.07. The van der Waals surface area contributed by atoms with Gasteiger partial charge in [0.2, 0.25) is 11.8 Å². The fraction of sp³-hybridized carbons (Fsp3) is 0.800. The molecule has 82 valence electrons. The largest absolute Gasteiger partial charge is 0.354 e. The molecule has 0 aliphatic heterocycles. The minimum atomic E-state index is -0.0705. The lowest BCUT2D eigenvalue weighted by Gasteiger charge is -2.09. The van der Waals surface area contributed by atoms with Crippen LogP contribution in [0.4, 0.5) is 0 Å². The zero-order chi connectivity index (χ0) is 11.1. The summed E-state index contributed by atoms with van der Waals surface area (Å²) in [6.07, 6.45) is 0.521. The van der Waals surface area contributed by atoms with Crippen molar-refractivity contribution in [3.63, 3.8) is 0 Å². The van der Waals surface area contributed by atoms with Crippen LogP contribution in [0.5, 0.6) is 0 Å². The fourth-order valence-electron chi connectivity index (χ4n) is 1.02. The number of carbonyl (C=O) groups excluding carboxylic acids is 2. The summed E-state index contributed by atoms with van der Waals surface area (Å²) in [5, 5.41) is 5.46. The van der Waals surface area contributed by atoms with E-state index in [1.165, 1.54) is 0 Å². The van der Waals surface area contributed by atoms with Gasteiger partial charge >= 0.3 is 0 Å². The van der Waals surface area contributed by atoms with Crippen molar-refractivity contribution in [3.8, 4) is 0 Å². The lowest BCUT2D eigenvalue weighted by Crippen LogP contribution is -2.33. The van der Waals surface area contributed by atoms with Crippen LogP contribution < -0.4 is 10.6 Å². The highest BCUT2D eigenvalue weighted by Crippen LogP contribution is 1.91. The predicted molar refractivity (Wildman–Crippen MR) is 55.8 cm³/mol. The Morgan fingerprint density at radius 2 is 1.14 bits per heavy atom. The SMILES string of the molecule is CC(C)NC(=O)CCC(=O)NC(C)C. The molecular formula is C10H20N2O2. The molecule has 0 saturated carbocycles. The van der Waals surface area contributed by atoms with E-state index in [-0.39, 0.29) is 36.7 Å². The summed E-state index contributed by atoms with van der Waals surface area (Å²) in [4.78, 5) is 22.3. The number of hydrogen-bond donors (Lipinski definition) is 2. The van der Waals surface area contributed by atoms with Crippen molar-refractivity contribution < 1.29 is 9.59 Å². The molecule has 0 aliphatic carbocycles. The highest BCUT2D eigenvalue weighted by atomic mass is 16.2. The molecule has 0 aromatic carbocycles. The van der Waals surface area contributed by atoms with Gasteiger partial charge in [0.1, 0.15) is 0 Å². The molecule has 0 spiro atoms. The average Bonchev–Trinajstić information content (AvgIpc) is 1.98. The van der Waals surface area contributed by atoms with Crippen molar-refractivity contribution in [1.82, 2.24) is 10.6 Å². The number of amides is 2. The molecule has 0 atom stereocenters. The molecule has 2 amide bonds. The highest BCUT2D eigenvalue weighted by molar-refractivity contribution is 5.83. The maximum atomic E-state index is 11.2. The summed E-state index contributed by atoms with van der Waals surface area (Å²) in [5.41, 5.74) is 0. The molecule has 0 rings (SSSR count). The number of carbonyl (C=O) groups is 2. The Hall–Kier alpha value is -1.06. The quantitative estimate of drug-likeness (QED) is 0.690. The van der Waals surface area contributed by atoms with E-state index in [9.17, 15) is 9.59 Å². The normalized spacial score (nSPS) is 10.4. The van der Waals surface area contributed by atoms with Crippen molar-refractivity contribution in [3.05, 3.63) is 0 Å². The molecule has 0 fully saturated rings. The summed E-state index contributed by atoms with van der Waals surface area (Å²) in [7, 11) is 0. The first kappa shape index (κ1) is 12.9. The first-order valence-corrected chi connectivity index (χ1v) is 5.00. The third-order valence-corrected chi connectivity index (χ3v) is 1.48. The van der Waals surface area contributed by atoms with Gasteiger partial charge < -0.3 is 10.6 Å². The second-order valence-electron chi connectivity index (χ2n) is 3.94. The molecule has 0 heterocycles. The summed E-state index contributed by atoms with van der Waals surface area (Å²) in [6, 6.07) is 0.270. The molecule has 0 aromatic rings. The Balaban J connectivity index is 3.61.